The van der Waals surface area contributed by atoms with Crippen molar-refractivity contribution in [3.63, 3.8) is 0 Å². The molecule has 0 aliphatic heterocycles. The third-order valence-electron chi connectivity index (χ3n) is 3.52. The van der Waals surface area contributed by atoms with Gasteiger partial charge < -0.3 is 19.6 Å². The molecule has 0 fully saturated rings. The van der Waals surface area contributed by atoms with E-state index in [0.717, 1.165) is 5.56 Å². The standard InChI is InChI=1S/C15H19N6O4P/c1-26(23,25-8-11-3-2-4-17-7-11)10-24-6-5-21-9-18-12-13(21)19-15(16)20-14(12)22/h2-4,7,9H,5-6,8,10H2,1H3,(H3,16,19,20,22). The first-order valence-electron chi connectivity index (χ1n) is 7.83. The van der Waals surface area contributed by atoms with Crippen LogP contribution in [-0.4, -0.2) is 44.1 Å². The van der Waals surface area contributed by atoms with E-state index in [0.29, 0.717) is 12.2 Å². The number of aromatic amines is 1. The minimum Gasteiger partial charge on any atom is -0.370 e. The first kappa shape index (κ1) is 18.2. The average Bonchev–Trinajstić information content (AvgIpc) is 3.01. The number of nitrogens with zero attached hydrogens (tertiary/aromatic N) is 4. The Hall–Kier alpha value is -2.55. The molecule has 0 aliphatic carbocycles. The van der Waals surface area contributed by atoms with Gasteiger partial charge in [0.05, 0.1) is 19.5 Å². The van der Waals surface area contributed by atoms with Crippen LogP contribution in [0.15, 0.2) is 35.6 Å². The van der Waals surface area contributed by atoms with Crippen molar-refractivity contribution in [3.8, 4) is 0 Å². The molecule has 3 heterocycles. The number of anilines is 1. The quantitative estimate of drug-likeness (QED) is 0.440. The molecule has 0 saturated heterocycles. The molecule has 3 N–H and O–H groups in total. The zero-order chi connectivity index (χ0) is 18.6. The van der Waals surface area contributed by atoms with E-state index in [4.69, 9.17) is 15.0 Å². The minimum absolute atomic E-state index is 0.0178. The lowest BCUT2D eigenvalue weighted by Crippen LogP contribution is -2.13. The topological polar surface area (TPSA) is 138 Å². The van der Waals surface area contributed by atoms with Gasteiger partial charge in [-0.05, 0) is 11.6 Å². The molecule has 0 aromatic carbocycles. The lowest BCUT2D eigenvalue weighted by Gasteiger charge is -2.14. The van der Waals surface area contributed by atoms with E-state index in [1.54, 1.807) is 23.0 Å². The highest BCUT2D eigenvalue weighted by Crippen LogP contribution is 2.43. The number of rotatable bonds is 8. The molecule has 0 spiro atoms. The highest BCUT2D eigenvalue weighted by molar-refractivity contribution is 7.57. The molecule has 11 heteroatoms. The lowest BCUT2D eigenvalue weighted by molar-refractivity contribution is 0.153. The number of hydrogen-bond donors (Lipinski definition) is 2. The van der Waals surface area contributed by atoms with Crippen molar-refractivity contribution in [1.29, 1.82) is 0 Å². The number of imidazole rings is 1. The number of H-pyrrole nitrogens is 1. The molecule has 3 rings (SSSR count). The van der Waals surface area contributed by atoms with Crippen LogP contribution in [0.25, 0.3) is 11.2 Å². The molecule has 138 valence electrons. The van der Waals surface area contributed by atoms with E-state index in [-0.39, 0.29) is 31.0 Å². The van der Waals surface area contributed by atoms with Crippen LogP contribution >= 0.6 is 7.37 Å². The van der Waals surface area contributed by atoms with Crippen LogP contribution in [-0.2, 0) is 27.0 Å². The van der Waals surface area contributed by atoms with Gasteiger partial charge in [-0.2, -0.15) is 4.98 Å². The van der Waals surface area contributed by atoms with Gasteiger partial charge in [0.1, 0.15) is 6.35 Å². The summed E-state index contributed by atoms with van der Waals surface area (Å²) in [6.45, 7) is 2.38. The number of hydrogen-bond acceptors (Lipinski definition) is 8. The fourth-order valence-corrected chi connectivity index (χ4v) is 3.22. The summed E-state index contributed by atoms with van der Waals surface area (Å²) in [7, 11) is -2.89. The molecule has 0 aliphatic rings. The van der Waals surface area contributed by atoms with E-state index in [1.807, 2.05) is 6.07 Å². The van der Waals surface area contributed by atoms with Crippen molar-refractivity contribution in [1.82, 2.24) is 24.5 Å². The van der Waals surface area contributed by atoms with Gasteiger partial charge in [0.2, 0.25) is 13.3 Å². The van der Waals surface area contributed by atoms with Crippen LogP contribution in [0.4, 0.5) is 5.95 Å². The zero-order valence-electron chi connectivity index (χ0n) is 14.2. The normalized spacial score (nSPS) is 13.7. The van der Waals surface area contributed by atoms with Gasteiger partial charge in [-0.15, -0.1) is 0 Å². The van der Waals surface area contributed by atoms with Crippen molar-refractivity contribution in [2.24, 2.45) is 0 Å². The molecule has 10 nitrogen and oxygen atoms in total. The van der Waals surface area contributed by atoms with Crippen LogP contribution < -0.4 is 11.3 Å². The summed E-state index contributed by atoms with van der Waals surface area (Å²) in [5.74, 6) is 0.0204. The third kappa shape index (κ3) is 4.54. The number of nitrogens with one attached hydrogen (secondary N) is 1. The van der Waals surface area contributed by atoms with Crippen LogP contribution in [0.3, 0.4) is 0 Å². The summed E-state index contributed by atoms with van der Waals surface area (Å²) in [5.41, 5.74) is 6.58. The Balaban J connectivity index is 1.51. The predicted molar refractivity (Wildman–Crippen MR) is 95.9 cm³/mol. The van der Waals surface area contributed by atoms with Gasteiger partial charge >= 0.3 is 0 Å². The van der Waals surface area contributed by atoms with E-state index >= 15 is 0 Å². The van der Waals surface area contributed by atoms with Crippen molar-refractivity contribution in [2.75, 3.05) is 25.4 Å². The Morgan fingerprint density at radius 3 is 3.04 bits per heavy atom. The Morgan fingerprint density at radius 1 is 1.42 bits per heavy atom. The first-order valence-corrected chi connectivity index (χ1v) is 10.1. The molecule has 0 radical (unpaired) electrons. The third-order valence-corrected chi connectivity index (χ3v) is 4.85. The summed E-state index contributed by atoms with van der Waals surface area (Å²) in [4.78, 5) is 26.2. The van der Waals surface area contributed by atoms with Gasteiger partial charge in [0.15, 0.2) is 11.2 Å². The highest BCUT2D eigenvalue weighted by Gasteiger charge is 2.17. The second-order valence-corrected chi connectivity index (χ2v) is 8.29. The number of pyridine rings is 1. The number of nitrogens with two attached hydrogens (primary N) is 1. The maximum absolute atomic E-state index is 12.4. The van der Waals surface area contributed by atoms with E-state index in [1.165, 1.54) is 13.0 Å². The van der Waals surface area contributed by atoms with Gasteiger partial charge in [0, 0.05) is 25.6 Å². The predicted octanol–water partition coefficient (Wildman–Crippen LogP) is 1.20. The highest BCUT2D eigenvalue weighted by atomic mass is 31.2. The number of nitrogen functional groups attached to an aromatic ring is 1. The SMILES string of the molecule is CP(=O)(COCCn1cnc2c(=O)[nH]c(N)nc21)OCc1cccnc1. The largest absolute Gasteiger partial charge is 0.370 e. The van der Waals surface area contributed by atoms with Gasteiger partial charge in [-0.1, -0.05) is 6.07 Å². The monoisotopic (exact) mass is 378 g/mol. The number of fused-ring (bicyclic) bond motifs is 1. The lowest BCUT2D eigenvalue weighted by atomic mass is 10.3. The van der Waals surface area contributed by atoms with Crippen molar-refractivity contribution in [3.05, 3.63) is 46.8 Å². The molecule has 26 heavy (non-hydrogen) atoms. The average molecular weight is 378 g/mol. The van der Waals surface area contributed by atoms with E-state index in [9.17, 15) is 9.36 Å². The molecule has 3 aromatic rings. The van der Waals surface area contributed by atoms with Crippen molar-refractivity contribution >= 4 is 24.5 Å². The Bertz CT molecular complexity index is 987. The molecule has 0 saturated carbocycles. The second kappa shape index (κ2) is 7.77. The second-order valence-electron chi connectivity index (χ2n) is 5.75. The Morgan fingerprint density at radius 2 is 2.27 bits per heavy atom. The van der Waals surface area contributed by atoms with Crippen molar-refractivity contribution < 1.29 is 13.8 Å². The van der Waals surface area contributed by atoms with Crippen LogP contribution in [0.5, 0.6) is 0 Å². The Labute approximate surface area is 148 Å². The molecule has 1 atom stereocenters. The fraction of sp³-hybridized carbons (Fsp3) is 0.333. The van der Waals surface area contributed by atoms with Crippen LogP contribution in [0, 0.1) is 0 Å². The molecule has 0 amide bonds. The van der Waals surface area contributed by atoms with E-state index < -0.39 is 12.9 Å². The van der Waals surface area contributed by atoms with Gasteiger partial charge in [-0.3, -0.25) is 19.3 Å². The smallest absolute Gasteiger partial charge is 0.280 e. The molecule has 1 unspecified atom stereocenters. The summed E-state index contributed by atoms with van der Waals surface area (Å²) < 4.78 is 25.0. The number of ether oxygens (including phenoxy) is 1. The summed E-state index contributed by atoms with van der Waals surface area (Å²) in [6, 6.07) is 3.63. The fourth-order valence-electron chi connectivity index (χ4n) is 2.26. The maximum atomic E-state index is 12.4. The van der Waals surface area contributed by atoms with Gasteiger partial charge in [-0.25, -0.2) is 4.98 Å². The summed E-state index contributed by atoms with van der Waals surface area (Å²) in [5, 5.41) is 0. The molecular formula is C15H19N6O4P. The maximum Gasteiger partial charge on any atom is 0.280 e. The molecule has 0 bridgehead atoms. The molecular weight excluding hydrogens is 359 g/mol. The minimum atomic E-state index is -2.89. The first-order chi connectivity index (χ1) is 12.4. The summed E-state index contributed by atoms with van der Waals surface area (Å²) >= 11 is 0. The molecule has 3 aromatic heterocycles. The van der Waals surface area contributed by atoms with Gasteiger partial charge in [0.25, 0.3) is 5.56 Å². The summed E-state index contributed by atoms with van der Waals surface area (Å²) in [6.07, 6.45) is 4.79. The number of aromatic nitrogens is 5. The van der Waals surface area contributed by atoms with E-state index in [2.05, 4.69) is 19.9 Å². The van der Waals surface area contributed by atoms with Crippen LogP contribution in [0.2, 0.25) is 0 Å². The zero-order valence-corrected chi connectivity index (χ0v) is 15.1. The van der Waals surface area contributed by atoms with Crippen molar-refractivity contribution in [2.45, 2.75) is 13.2 Å². The Kier molecular flexibility index (Phi) is 5.46. The van der Waals surface area contributed by atoms with Crippen LogP contribution in [0.1, 0.15) is 5.56 Å².